The van der Waals surface area contributed by atoms with E-state index in [1.165, 1.54) is 4.88 Å². The highest BCUT2D eigenvalue weighted by molar-refractivity contribution is 7.09. The Morgan fingerprint density at radius 2 is 2.25 bits per heavy atom. The molecule has 1 N–H and O–H groups in total. The molecule has 2 nitrogen and oxygen atoms in total. The zero-order valence-electron chi connectivity index (χ0n) is 10.0. The van der Waals surface area contributed by atoms with E-state index in [1.807, 2.05) is 24.4 Å². The van der Waals surface area contributed by atoms with Gasteiger partial charge in [0.25, 0.3) is 0 Å². The summed E-state index contributed by atoms with van der Waals surface area (Å²) in [4.78, 5) is 12.7. The van der Waals surface area contributed by atoms with Gasteiger partial charge in [-0.1, -0.05) is 32.8 Å². The molecule has 0 spiro atoms. The lowest BCUT2D eigenvalue weighted by molar-refractivity contribution is -0.149. The summed E-state index contributed by atoms with van der Waals surface area (Å²) in [7, 11) is 0. The number of carboxylic acid groups (broad SMARTS) is 1. The summed E-state index contributed by atoms with van der Waals surface area (Å²) in [6.07, 6.45) is 4.22. The van der Waals surface area contributed by atoms with Gasteiger partial charge in [-0.2, -0.15) is 0 Å². The van der Waals surface area contributed by atoms with Crippen molar-refractivity contribution >= 4 is 17.3 Å². The molecule has 0 aromatic carbocycles. The van der Waals surface area contributed by atoms with Gasteiger partial charge < -0.3 is 5.11 Å². The van der Waals surface area contributed by atoms with Crippen LogP contribution in [0.5, 0.6) is 0 Å². The highest BCUT2D eigenvalue weighted by Crippen LogP contribution is 2.34. The Morgan fingerprint density at radius 3 is 2.69 bits per heavy atom. The van der Waals surface area contributed by atoms with Crippen LogP contribution in [0.1, 0.15) is 44.4 Å². The van der Waals surface area contributed by atoms with Crippen LogP contribution in [0.4, 0.5) is 0 Å². The maximum atomic E-state index is 11.5. The minimum absolute atomic E-state index is 0.555. The lowest BCUT2D eigenvalue weighted by Gasteiger charge is -2.27. The van der Waals surface area contributed by atoms with Gasteiger partial charge in [0.1, 0.15) is 0 Å². The van der Waals surface area contributed by atoms with Crippen molar-refractivity contribution < 1.29 is 9.90 Å². The molecule has 90 valence electrons. The molecule has 0 amide bonds. The zero-order chi connectivity index (χ0) is 12.0. The van der Waals surface area contributed by atoms with Crippen molar-refractivity contribution in [2.24, 2.45) is 5.41 Å². The molecule has 3 heteroatoms. The Labute approximate surface area is 101 Å². The molecule has 1 unspecified atom stereocenters. The molecule has 1 aromatic heterocycles. The first-order valence-electron chi connectivity index (χ1n) is 5.90. The van der Waals surface area contributed by atoms with Gasteiger partial charge in [0.05, 0.1) is 5.41 Å². The molecule has 0 radical (unpaired) electrons. The highest BCUT2D eigenvalue weighted by atomic mass is 32.1. The van der Waals surface area contributed by atoms with E-state index in [0.29, 0.717) is 12.8 Å². The second-order valence-electron chi connectivity index (χ2n) is 4.30. The summed E-state index contributed by atoms with van der Waals surface area (Å²) < 4.78 is 0. The lowest BCUT2D eigenvalue weighted by atomic mass is 9.77. The average Bonchev–Trinajstić information content (AvgIpc) is 2.76. The van der Waals surface area contributed by atoms with Gasteiger partial charge in [0.15, 0.2) is 0 Å². The molecule has 0 aliphatic heterocycles. The molecule has 0 aliphatic carbocycles. The van der Waals surface area contributed by atoms with Crippen molar-refractivity contribution in [1.82, 2.24) is 0 Å². The fourth-order valence-corrected chi connectivity index (χ4v) is 2.83. The number of carboxylic acids is 1. The van der Waals surface area contributed by atoms with Crippen LogP contribution in [0.25, 0.3) is 0 Å². The van der Waals surface area contributed by atoms with Gasteiger partial charge in [-0.05, 0) is 30.7 Å². The Balaban J connectivity index is 2.80. The molecule has 1 rings (SSSR count). The quantitative estimate of drug-likeness (QED) is 0.783. The van der Waals surface area contributed by atoms with Crippen molar-refractivity contribution in [3.8, 4) is 0 Å². The van der Waals surface area contributed by atoms with Crippen LogP contribution >= 0.6 is 11.3 Å². The van der Waals surface area contributed by atoms with E-state index in [0.717, 1.165) is 19.3 Å². The molecule has 1 aromatic rings. The molecule has 0 saturated carbocycles. The summed E-state index contributed by atoms with van der Waals surface area (Å²) in [5.41, 5.74) is -0.555. The number of rotatable bonds is 7. The normalized spacial score (nSPS) is 14.6. The van der Waals surface area contributed by atoms with E-state index < -0.39 is 11.4 Å². The topological polar surface area (TPSA) is 37.3 Å². The molecule has 0 saturated heterocycles. The van der Waals surface area contributed by atoms with Crippen LogP contribution in [0, 0.1) is 5.41 Å². The van der Waals surface area contributed by atoms with E-state index >= 15 is 0 Å². The van der Waals surface area contributed by atoms with E-state index in [9.17, 15) is 9.90 Å². The molecule has 1 atom stereocenters. The second kappa shape index (κ2) is 6.04. The minimum Gasteiger partial charge on any atom is -0.481 e. The molecule has 0 aliphatic rings. The van der Waals surface area contributed by atoms with Gasteiger partial charge >= 0.3 is 5.97 Å². The van der Waals surface area contributed by atoms with E-state index in [2.05, 4.69) is 6.92 Å². The molecular weight excluding hydrogens is 220 g/mol. The van der Waals surface area contributed by atoms with Gasteiger partial charge in [-0.15, -0.1) is 11.3 Å². The Bertz CT molecular complexity index is 319. The predicted molar refractivity (Wildman–Crippen MR) is 67.9 cm³/mol. The Hall–Kier alpha value is -0.830. The summed E-state index contributed by atoms with van der Waals surface area (Å²) >= 11 is 1.65. The summed E-state index contributed by atoms with van der Waals surface area (Å²) in [5, 5.41) is 11.5. The van der Waals surface area contributed by atoms with Gasteiger partial charge in [0, 0.05) is 4.88 Å². The number of aliphatic carboxylic acids is 1. The lowest BCUT2D eigenvalue weighted by Crippen LogP contribution is -2.32. The number of carbonyl (C=O) groups is 1. The van der Waals surface area contributed by atoms with Crippen molar-refractivity contribution in [3.05, 3.63) is 22.4 Å². The maximum Gasteiger partial charge on any atom is 0.309 e. The largest absolute Gasteiger partial charge is 0.481 e. The van der Waals surface area contributed by atoms with Gasteiger partial charge in [-0.3, -0.25) is 4.79 Å². The molecule has 0 fully saturated rings. The number of thiophene rings is 1. The Kier molecular flexibility index (Phi) is 5.00. The fraction of sp³-hybridized carbons (Fsp3) is 0.615. The predicted octanol–water partition coefficient (Wildman–Crippen LogP) is 3.96. The van der Waals surface area contributed by atoms with E-state index in [-0.39, 0.29) is 0 Å². The first-order chi connectivity index (χ1) is 7.64. The zero-order valence-corrected chi connectivity index (χ0v) is 10.8. The molecular formula is C13H20O2S. The number of hydrogen-bond acceptors (Lipinski definition) is 2. The average molecular weight is 240 g/mol. The highest BCUT2D eigenvalue weighted by Gasteiger charge is 2.36. The van der Waals surface area contributed by atoms with E-state index in [4.69, 9.17) is 0 Å². The molecule has 1 heterocycles. The van der Waals surface area contributed by atoms with Crippen LogP contribution in [0.3, 0.4) is 0 Å². The third-order valence-corrected chi connectivity index (χ3v) is 4.11. The summed E-state index contributed by atoms with van der Waals surface area (Å²) in [6, 6.07) is 4.02. The van der Waals surface area contributed by atoms with Crippen LogP contribution in [-0.4, -0.2) is 11.1 Å². The smallest absolute Gasteiger partial charge is 0.309 e. The van der Waals surface area contributed by atoms with Crippen LogP contribution in [0.2, 0.25) is 0 Å². The van der Waals surface area contributed by atoms with Crippen molar-refractivity contribution in [2.75, 3.05) is 0 Å². The molecule has 0 bridgehead atoms. The van der Waals surface area contributed by atoms with Gasteiger partial charge in [0.2, 0.25) is 0 Å². The minimum atomic E-state index is -0.642. The Morgan fingerprint density at radius 1 is 1.50 bits per heavy atom. The van der Waals surface area contributed by atoms with Crippen molar-refractivity contribution in [3.63, 3.8) is 0 Å². The third kappa shape index (κ3) is 3.08. The number of hydrogen-bond donors (Lipinski definition) is 1. The van der Waals surface area contributed by atoms with Crippen molar-refractivity contribution in [2.45, 2.75) is 46.0 Å². The van der Waals surface area contributed by atoms with Crippen LogP contribution < -0.4 is 0 Å². The first-order valence-corrected chi connectivity index (χ1v) is 6.78. The van der Waals surface area contributed by atoms with Gasteiger partial charge in [-0.25, -0.2) is 0 Å². The van der Waals surface area contributed by atoms with E-state index in [1.54, 1.807) is 11.3 Å². The standard InChI is InChI=1S/C13H20O2S/c1-3-5-8-13(4-2,12(14)15)10-11-7-6-9-16-11/h6-7,9H,3-5,8,10H2,1-2H3,(H,14,15). The van der Waals surface area contributed by atoms with Crippen LogP contribution in [-0.2, 0) is 11.2 Å². The molecule has 16 heavy (non-hydrogen) atoms. The van der Waals surface area contributed by atoms with Crippen molar-refractivity contribution in [1.29, 1.82) is 0 Å². The van der Waals surface area contributed by atoms with Crippen LogP contribution in [0.15, 0.2) is 17.5 Å². The summed E-state index contributed by atoms with van der Waals surface area (Å²) in [6.45, 7) is 4.09. The summed E-state index contributed by atoms with van der Waals surface area (Å²) in [5.74, 6) is -0.642. The fourth-order valence-electron chi connectivity index (χ4n) is 1.99. The first kappa shape index (κ1) is 13.2. The number of unbranched alkanes of at least 4 members (excludes halogenated alkanes) is 1. The monoisotopic (exact) mass is 240 g/mol. The SMILES string of the molecule is CCCCC(CC)(Cc1cccs1)C(=O)O. The second-order valence-corrected chi connectivity index (χ2v) is 5.33. The maximum absolute atomic E-state index is 11.5. The third-order valence-electron chi connectivity index (χ3n) is 3.23.